The van der Waals surface area contributed by atoms with Crippen molar-refractivity contribution in [2.45, 2.75) is 50.8 Å². The third-order valence-corrected chi connectivity index (χ3v) is 3.59. The quantitative estimate of drug-likeness (QED) is 0.734. The van der Waals surface area contributed by atoms with E-state index in [9.17, 15) is 0 Å². The molecular formula is C11H22N2O. The smallest absolute Gasteiger partial charge is 0.0730 e. The zero-order valence-electron chi connectivity index (χ0n) is 9.11. The molecule has 1 aliphatic carbocycles. The van der Waals surface area contributed by atoms with Crippen LogP contribution in [0.1, 0.15) is 32.6 Å². The first-order valence-electron chi connectivity index (χ1n) is 5.92. The van der Waals surface area contributed by atoms with E-state index in [4.69, 9.17) is 10.5 Å². The molecule has 1 aliphatic heterocycles. The van der Waals surface area contributed by atoms with Gasteiger partial charge in [0.05, 0.1) is 12.7 Å². The van der Waals surface area contributed by atoms with E-state index < -0.39 is 0 Å². The van der Waals surface area contributed by atoms with Gasteiger partial charge in [0, 0.05) is 25.2 Å². The Morgan fingerprint density at radius 2 is 2.36 bits per heavy atom. The number of fused-ring (bicyclic) bond motifs is 1. The summed E-state index contributed by atoms with van der Waals surface area (Å²) in [5.41, 5.74) is 6.00. The van der Waals surface area contributed by atoms with Crippen LogP contribution in [0, 0.1) is 0 Å². The van der Waals surface area contributed by atoms with Gasteiger partial charge in [-0.2, -0.15) is 0 Å². The third-order valence-electron chi connectivity index (χ3n) is 3.59. The molecule has 0 spiro atoms. The number of hydrogen-bond donors (Lipinski definition) is 1. The largest absolute Gasteiger partial charge is 0.375 e. The number of rotatable bonds is 3. The lowest BCUT2D eigenvalue weighted by Crippen LogP contribution is -2.52. The van der Waals surface area contributed by atoms with Gasteiger partial charge >= 0.3 is 0 Å². The highest BCUT2D eigenvalue weighted by Crippen LogP contribution is 2.29. The van der Waals surface area contributed by atoms with Crippen LogP contribution in [0.3, 0.4) is 0 Å². The maximum atomic E-state index is 6.00. The van der Waals surface area contributed by atoms with Crippen LogP contribution < -0.4 is 5.73 Å². The van der Waals surface area contributed by atoms with Crippen molar-refractivity contribution < 1.29 is 4.74 Å². The molecule has 3 nitrogen and oxygen atoms in total. The third kappa shape index (κ3) is 2.10. The lowest BCUT2D eigenvalue weighted by molar-refractivity contribution is -0.0571. The van der Waals surface area contributed by atoms with Gasteiger partial charge in [-0.05, 0) is 25.7 Å². The molecular weight excluding hydrogens is 176 g/mol. The Balaban J connectivity index is 1.90. The number of nitrogens with zero attached hydrogens (tertiary/aromatic N) is 1. The molecule has 3 heteroatoms. The maximum absolute atomic E-state index is 6.00. The first kappa shape index (κ1) is 10.4. The van der Waals surface area contributed by atoms with Crippen molar-refractivity contribution in [3.8, 4) is 0 Å². The van der Waals surface area contributed by atoms with E-state index in [-0.39, 0.29) is 0 Å². The zero-order valence-corrected chi connectivity index (χ0v) is 9.11. The normalized spacial score (nSPS) is 35.6. The minimum Gasteiger partial charge on any atom is -0.375 e. The first-order chi connectivity index (χ1) is 6.81. The Morgan fingerprint density at radius 3 is 3.14 bits per heavy atom. The van der Waals surface area contributed by atoms with Gasteiger partial charge in [-0.25, -0.2) is 0 Å². The summed E-state index contributed by atoms with van der Waals surface area (Å²) in [5.74, 6) is 0. The summed E-state index contributed by atoms with van der Waals surface area (Å²) in [4.78, 5) is 2.55. The van der Waals surface area contributed by atoms with E-state index in [1.54, 1.807) is 0 Å². The second-order valence-electron chi connectivity index (χ2n) is 4.57. The van der Waals surface area contributed by atoms with Gasteiger partial charge in [0.25, 0.3) is 0 Å². The number of ether oxygens (including phenoxy) is 1. The Labute approximate surface area is 86.6 Å². The van der Waals surface area contributed by atoms with Crippen LogP contribution in [0.4, 0.5) is 0 Å². The van der Waals surface area contributed by atoms with Gasteiger partial charge in [0.15, 0.2) is 0 Å². The summed E-state index contributed by atoms with van der Waals surface area (Å²) in [6.07, 6.45) is 5.47. The molecule has 2 rings (SSSR count). The minimum atomic E-state index is 0.342. The lowest BCUT2D eigenvalue weighted by atomic mass is 10.1. The van der Waals surface area contributed by atoms with Gasteiger partial charge in [0.1, 0.15) is 0 Å². The number of nitrogens with two attached hydrogens (primary N) is 1. The molecule has 2 aliphatic rings. The summed E-state index contributed by atoms with van der Waals surface area (Å²) in [7, 11) is 0. The van der Waals surface area contributed by atoms with Crippen LogP contribution in [0.15, 0.2) is 0 Å². The molecule has 0 radical (unpaired) electrons. The van der Waals surface area contributed by atoms with Crippen molar-refractivity contribution in [1.82, 2.24) is 4.90 Å². The van der Waals surface area contributed by atoms with Gasteiger partial charge < -0.3 is 10.5 Å². The number of morpholine rings is 1. The standard InChI is InChI=1S/C11H22N2O/c1-2-9(12)8-13-6-7-14-11-5-3-4-10(11)13/h9-11H,2-8,12H2,1H3. The van der Waals surface area contributed by atoms with E-state index >= 15 is 0 Å². The Bertz CT molecular complexity index is 186. The van der Waals surface area contributed by atoms with Gasteiger partial charge in [-0.3, -0.25) is 4.90 Å². The van der Waals surface area contributed by atoms with Crippen molar-refractivity contribution in [3.63, 3.8) is 0 Å². The van der Waals surface area contributed by atoms with Gasteiger partial charge in [-0.15, -0.1) is 0 Å². The second kappa shape index (κ2) is 4.60. The van der Waals surface area contributed by atoms with Crippen LogP contribution in [0.25, 0.3) is 0 Å². The van der Waals surface area contributed by atoms with Crippen molar-refractivity contribution in [2.75, 3.05) is 19.7 Å². The SMILES string of the molecule is CCC(N)CN1CCOC2CCCC21. The highest BCUT2D eigenvalue weighted by Gasteiger charge is 2.36. The number of hydrogen-bond acceptors (Lipinski definition) is 3. The van der Waals surface area contributed by atoms with Gasteiger partial charge in [0.2, 0.25) is 0 Å². The molecule has 1 saturated carbocycles. The lowest BCUT2D eigenvalue weighted by Gasteiger charge is -2.38. The van der Waals surface area contributed by atoms with Crippen LogP contribution in [0.2, 0.25) is 0 Å². The molecule has 0 bridgehead atoms. The summed E-state index contributed by atoms with van der Waals surface area (Å²) < 4.78 is 5.76. The van der Waals surface area contributed by atoms with Crippen LogP contribution in [-0.2, 0) is 4.74 Å². The molecule has 2 N–H and O–H groups in total. The highest BCUT2D eigenvalue weighted by atomic mass is 16.5. The molecule has 0 aromatic carbocycles. The predicted octanol–water partition coefficient (Wildman–Crippen LogP) is 0.977. The fourth-order valence-electron chi connectivity index (χ4n) is 2.66. The molecule has 0 amide bonds. The summed E-state index contributed by atoms with van der Waals surface area (Å²) in [6.45, 7) is 5.20. The van der Waals surface area contributed by atoms with Crippen LogP contribution in [0.5, 0.6) is 0 Å². The van der Waals surface area contributed by atoms with Crippen LogP contribution in [-0.4, -0.2) is 42.8 Å². The van der Waals surface area contributed by atoms with E-state index in [0.29, 0.717) is 18.2 Å². The summed E-state index contributed by atoms with van der Waals surface area (Å²) in [5, 5.41) is 0. The Hall–Kier alpha value is -0.120. The van der Waals surface area contributed by atoms with Crippen molar-refractivity contribution in [2.24, 2.45) is 5.73 Å². The zero-order chi connectivity index (χ0) is 9.97. The monoisotopic (exact) mass is 198 g/mol. The molecule has 3 unspecified atom stereocenters. The fraction of sp³-hybridized carbons (Fsp3) is 1.00. The molecule has 0 aromatic rings. The van der Waals surface area contributed by atoms with Gasteiger partial charge in [-0.1, -0.05) is 6.92 Å². The first-order valence-corrected chi connectivity index (χ1v) is 5.92. The molecule has 1 saturated heterocycles. The molecule has 2 fully saturated rings. The molecule has 1 heterocycles. The average molecular weight is 198 g/mol. The second-order valence-corrected chi connectivity index (χ2v) is 4.57. The molecule has 3 atom stereocenters. The van der Waals surface area contributed by atoms with Crippen molar-refractivity contribution >= 4 is 0 Å². The fourth-order valence-corrected chi connectivity index (χ4v) is 2.66. The highest BCUT2D eigenvalue weighted by molar-refractivity contribution is 4.90. The maximum Gasteiger partial charge on any atom is 0.0730 e. The predicted molar refractivity (Wildman–Crippen MR) is 57.2 cm³/mol. The average Bonchev–Trinajstić information content (AvgIpc) is 2.66. The Morgan fingerprint density at radius 1 is 1.50 bits per heavy atom. The molecule has 0 aromatic heterocycles. The van der Waals surface area contributed by atoms with E-state index in [1.165, 1.54) is 19.3 Å². The summed E-state index contributed by atoms with van der Waals surface area (Å²) in [6, 6.07) is 1.01. The van der Waals surface area contributed by atoms with E-state index in [2.05, 4.69) is 11.8 Å². The van der Waals surface area contributed by atoms with Crippen LogP contribution >= 0.6 is 0 Å². The Kier molecular flexibility index (Phi) is 3.42. The van der Waals surface area contributed by atoms with E-state index in [1.807, 2.05) is 0 Å². The topological polar surface area (TPSA) is 38.5 Å². The molecule has 82 valence electrons. The van der Waals surface area contributed by atoms with E-state index in [0.717, 1.165) is 26.1 Å². The molecule has 14 heavy (non-hydrogen) atoms. The van der Waals surface area contributed by atoms with Crippen molar-refractivity contribution in [3.05, 3.63) is 0 Å². The summed E-state index contributed by atoms with van der Waals surface area (Å²) >= 11 is 0. The van der Waals surface area contributed by atoms with Crippen molar-refractivity contribution in [1.29, 1.82) is 0 Å². The minimum absolute atomic E-state index is 0.342.